The minimum Gasteiger partial charge on any atom is -0.394 e. The van der Waals surface area contributed by atoms with E-state index in [0.717, 1.165) is 16.4 Å². The number of halogens is 11. The van der Waals surface area contributed by atoms with Crippen LogP contribution in [0.3, 0.4) is 0 Å². The van der Waals surface area contributed by atoms with E-state index in [1.807, 2.05) is 13.8 Å². The topological polar surface area (TPSA) is 168 Å². The zero-order valence-corrected chi connectivity index (χ0v) is 40.3. The number of amides is 3. The maximum Gasteiger partial charge on any atom is 0.435 e. The number of rotatable bonds is 14. The van der Waals surface area contributed by atoms with Crippen LogP contribution in [0, 0.1) is 23.5 Å². The second kappa shape index (κ2) is 21.9. The smallest absolute Gasteiger partial charge is 0.394 e. The van der Waals surface area contributed by atoms with Crippen LogP contribution in [0.25, 0.3) is 22.0 Å². The van der Waals surface area contributed by atoms with Crippen LogP contribution in [-0.2, 0) is 53.6 Å². The summed E-state index contributed by atoms with van der Waals surface area (Å²) in [6.45, 7) is 2.58. The van der Waals surface area contributed by atoms with Crippen molar-refractivity contribution in [2.24, 2.45) is 0 Å². The Bertz CT molecular complexity index is 2820. The van der Waals surface area contributed by atoms with Gasteiger partial charge in [0.05, 0.1) is 46.9 Å². The fourth-order valence-electron chi connectivity index (χ4n) is 7.32. The van der Waals surface area contributed by atoms with Crippen LogP contribution in [-0.4, -0.2) is 93.6 Å². The Kier molecular flexibility index (Phi) is 17.4. The summed E-state index contributed by atoms with van der Waals surface area (Å²) in [5.41, 5.74) is -4.88. The molecule has 0 fully saturated rings. The van der Waals surface area contributed by atoms with E-state index in [4.69, 9.17) is 11.6 Å². The molecule has 3 amide bonds. The molecule has 70 heavy (non-hydrogen) atoms. The molecular formula is C44H45ClF10N8O5S2. The van der Waals surface area contributed by atoms with E-state index in [0.29, 0.717) is 22.7 Å². The fourth-order valence-corrected chi connectivity index (χ4v) is 8.27. The zero-order valence-electron chi connectivity index (χ0n) is 37.9. The highest BCUT2D eigenvalue weighted by atomic mass is 35.5. The van der Waals surface area contributed by atoms with Crippen molar-refractivity contribution in [2.75, 3.05) is 30.0 Å². The molecular weight excluding hydrogens is 1010 g/mol. The summed E-state index contributed by atoms with van der Waals surface area (Å²) < 4.78 is 158. The van der Waals surface area contributed by atoms with Crippen molar-refractivity contribution in [2.45, 2.75) is 95.2 Å². The van der Waals surface area contributed by atoms with Gasteiger partial charge in [-0.05, 0) is 80.5 Å². The highest BCUT2D eigenvalue weighted by molar-refractivity contribution is 8.00. The third-order valence-electron chi connectivity index (χ3n) is 10.6. The molecule has 0 bridgehead atoms. The zero-order chi connectivity index (χ0) is 52.3. The molecule has 3 aromatic heterocycles. The number of carbonyl (C=O) groups is 2. The van der Waals surface area contributed by atoms with Crippen LogP contribution < -0.4 is 14.9 Å². The normalized spacial score (nSPS) is 14.3. The summed E-state index contributed by atoms with van der Waals surface area (Å²) in [5, 5.41) is 31.0. The second-order valence-corrected chi connectivity index (χ2v) is 19.0. The van der Waals surface area contributed by atoms with Crippen molar-refractivity contribution in [1.29, 1.82) is 0 Å². The van der Waals surface area contributed by atoms with Crippen molar-refractivity contribution in [3.63, 3.8) is 0 Å². The molecule has 2 unspecified atom stereocenters. The number of nitrogens with zero attached hydrogens (tertiary/aromatic N) is 6. The molecule has 0 spiro atoms. The van der Waals surface area contributed by atoms with E-state index in [-0.39, 0.29) is 43.2 Å². The monoisotopic (exact) mass is 1050 g/mol. The number of anilines is 1. The lowest BCUT2D eigenvalue weighted by Gasteiger charge is -2.23. The number of nitrogens with one attached hydrogen (secondary N) is 2. The van der Waals surface area contributed by atoms with Crippen LogP contribution in [0.4, 0.5) is 54.5 Å². The van der Waals surface area contributed by atoms with Gasteiger partial charge in [-0.15, -0.1) is 0 Å². The minimum absolute atomic E-state index is 0.117. The first-order valence-electron chi connectivity index (χ1n) is 21.0. The molecule has 0 saturated heterocycles. The number of aliphatic hydroxyl groups excluding tert-OH is 2. The van der Waals surface area contributed by atoms with Gasteiger partial charge in [0.1, 0.15) is 40.9 Å². The van der Waals surface area contributed by atoms with Crippen LogP contribution in [0.5, 0.6) is 0 Å². The van der Waals surface area contributed by atoms with E-state index in [9.17, 15) is 59.1 Å². The van der Waals surface area contributed by atoms with Gasteiger partial charge >= 0.3 is 18.4 Å². The number of benzene rings is 2. The number of aromatic nitrogens is 5. The quantitative estimate of drug-likeness (QED) is 0.0484. The number of carbonyl (C=O) groups excluding carboxylic acids is 2. The maximum atomic E-state index is 15.1. The van der Waals surface area contributed by atoms with Crippen LogP contribution in [0.15, 0.2) is 42.5 Å². The lowest BCUT2D eigenvalue weighted by molar-refractivity contribution is -0.142. The molecule has 3 heterocycles. The van der Waals surface area contributed by atoms with E-state index in [2.05, 4.69) is 37.7 Å². The first-order chi connectivity index (χ1) is 32.7. The van der Waals surface area contributed by atoms with Gasteiger partial charge in [-0.2, -0.15) is 45.3 Å². The lowest BCUT2D eigenvalue weighted by atomic mass is 9.93. The van der Waals surface area contributed by atoms with Crippen molar-refractivity contribution >= 4 is 63.0 Å². The summed E-state index contributed by atoms with van der Waals surface area (Å²) in [6.07, 6.45) is -9.74. The van der Waals surface area contributed by atoms with Gasteiger partial charge in [0, 0.05) is 52.5 Å². The molecule has 1 aliphatic carbocycles. The van der Waals surface area contributed by atoms with Crippen LogP contribution in [0.2, 0.25) is 5.02 Å². The standard InChI is InChI=1S/C42H39ClF10N8O5S2.C2H6/c1-39(2,68(4)66)11-9-24-5-6-26(27-7-8-29(43)32-34(27)60(20-41(48,49)50)58-37(32)61(67-3)38(65)55-25(18-62)19-63)33(54-24)30(15-21-13-22(44)16-23(45)14-21)56-31(64)17-59-36-28(10-12-40(36,46)47)35(57-59)42(51,52)53;1-2/h5-8,13-14,16,25,30,62-63H,10,12,15,17-20H2,1-4H3,(H,55,65)(H,56,64);1-2H3. The molecule has 380 valence electrons. The highest BCUT2D eigenvalue weighted by Crippen LogP contribution is 2.47. The van der Waals surface area contributed by atoms with Gasteiger partial charge in [0.15, 0.2) is 11.5 Å². The van der Waals surface area contributed by atoms with E-state index in [1.165, 1.54) is 36.8 Å². The molecule has 0 saturated carbocycles. The lowest BCUT2D eigenvalue weighted by Crippen LogP contribution is -2.45. The Morgan fingerprint density at radius 3 is 2.17 bits per heavy atom. The molecule has 0 radical (unpaired) electrons. The van der Waals surface area contributed by atoms with Gasteiger partial charge in [-0.25, -0.2) is 22.9 Å². The number of pyridine rings is 1. The Labute approximate surface area is 405 Å². The molecule has 4 N–H and O–H groups in total. The molecule has 2 aromatic carbocycles. The van der Waals surface area contributed by atoms with Gasteiger partial charge in [0.2, 0.25) is 5.91 Å². The first-order valence-corrected chi connectivity index (χ1v) is 24.1. The van der Waals surface area contributed by atoms with E-state index < -0.39 is 143 Å². The maximum absolute atomic E-state index is 15.1. The third kappa shape index (κ3) is 12.5. The van der Waals surface area contributed by atoms with E-state index in [1.54, 1.807) is 13.8 Å². The highest BCUT2D eigenvalue weighted by Gasteiger charge is 2.50. The van der Waals surface area contributed by atoms with Crippen LogP contribution in [0.1, 0.15) is 74.1 Å². The molecule has 5 aromatic rings. The second-order valence-electron chi connectivity index (χ2n) is 15.9. The average Bonchev–Trinajstić information content (AvgIpc) is 3.93. The Morgan fingerprint density at radius 1 is 0.971 bits per heavy atom. The summed E-state index contributed by atoms with van der Waals surface area (Å²) in [5.74, 6) is -2.16. The van der Waals surface area contributed by atoms with Gasteiger partial charge in [0.25, 0.3) is 5.92 Å². The Morgan fingerprint density at radius 2 is 1.60 bits per heavy atom. The molecule has 6 rings (SSSR count). The molecule has 1 aliphatic rings. The Hall–Kier alpha value is -5.42. The van der Waals surface area contributed by atoms with Gasteiger partial charge < -0.3 is 20.8 Å². The third-order valence-corrected chi connectivity index (χ3v) is 13.1. The molecule has 2 atom stereocenters. The largest absolute Gasteiger partial charge is 0.435 e. The van der Waals surface area contributed by atoms with Crippen LogP contribution >= 0.6 is 23.5 Å². The van der Waals surface area contributed by atoms with Gasteiger partial charge in [-0.3, -0.25) is 18.4 Å². The summed E-state index contributed by atoms with van der Waals surface area (Å²) >= 11 is 7.34. The number of fused-ring (bicyclic) bond motifs is 2. The number of hydrogen-bond donors (Lipinski definition) is 4. The predicted molar refractivity (Wildman–Crippen MR) is 243 cm³/mol. The average molecular weight is 1060 g/mol. The molecule has 26 heteroatoms. The van der Waals surface area contributed by atoms with E-state index >= 15 is 8.78 Å². The van der Waals surface area contributed by atoms with Crippen molar-refractivity contribution in [3.05, 3.63) is 93.0 Å². The van der Waals surface area contributed by atoms with Gasteiger partial charge in [-0.1, -0.05) is 37.4 Å². The summed E-state index contributed by atoms with van der Waals surface area (Å²) in [4.78, 5) is 32.2. The summed E-state index contributed by atoms with van der Waals surface area (Å²) in [6, 6.07) is 3.42. The van der Waals surface area contributed by atoms with Crippen molar-refractivity contribution in [1.82, 2.24) is 35.2 Å². The first kappa shape index (κ1) is 55.5. The van der Waals surface area contributed by atoms with Crippen molar-refractivity contribution < 1.29 is 67.9 Å². The van der Waals surface area contributed by atoms with Crippen molar-refractivity contribution in [3.8, 4) is 23.0 Å². The number of hydrogen-bond acceptors (Lipinski definition) is 9. The number of urea groups is 1. The molecule has 0 aliphatic heterocycles. The number of aliphatic hydroxyl groups is 2. The minimum atomic E-state index is -5.18. The predicted octanol–water partition coefficient (Wildman–Crippen LogP) is 8.63. The SMILES string of the molecule is CC.CSN(C(=O)NC(CO)CO)c1nn(CC(F)(F)F)c2c(-c3ccc(C#CC(C)(C)S(C)=O)nc3C(Cc3cc(F)cc(F)c3)NC(=O)Cn3nc(C(F)(F)F)c4c3C(F)(F)CC4)ccc(Cl)c12. The fraction of sp³-hybridized carbons (Fsp3) is 0.432. The number of alkyl halides is 8. The summed E-state index contributed by atoms with van der Waals surface area (Å²) in [7, 11) is -1.54. The molecule has 13 nitrogen and oxygen atoms in total. The Balaban J connectivity index is 0.00000450.